The van der Waals surface area contributed by atoms with E-state index in [2.05, 4.69) is 10.3 Å². The number of thioether (sulfide) groups is 1. The number of hydrogen-bond donors (Lipinski definition) is 2. The molecule has 128 valence electrons. The van der Waals surface area contributed by atoms with Gasteiger partial charge in [0.2, 0.25) is 0 Å². The highest BCUT2D eigenvalue weighted by molar-refractivity contribution is 7.98. The molecular weight excluding hydrogens is 348 g/mol. The topological polar surface area (TPSA) is 88.5 Å². The predicted octanol–water partition coefficient (Wildman–Crippen LogP) is 3.15. The maximum absolute atomic E-state index is 11.7. The molecule has 0 saturated carbocycles. The Kier molecular flexibility index (Phi) is 7.57. The van der Waals surface area contributed by atoms with Crippen molar-refractivity contribution in [1.82, 2.24) is 10.3 Å². The number of aliphatic carboxylic acids is 1. The van der Waals surface area contributed by atoms with Gasteiger partial charge in [0.25, 0.3) is 0 Å². The lowest BCUT2D eigenvalue weighted by atomic mass is 10.2. The molecule has 2 aromatic rings. The zero-order valence-corrected chi connectivity index (χ0v) is 14.5. The van der Waals surface area contributed by atoms with E-state index in [9.17, 15) is 14.7 Å². The van der Waals surface area contributed by atoms with Crippen LogP contribution in [0.1, 0.15) is 17.0 Å². The lowest BCUT2D eigenvalue weighted by Gasteiger charge is -2.14. The molecule has 1 aromatic carbocycles. The molecule has 0 radical (unpaired) electrons. The fraction of sp³-hybridized carbons (Fsp3) is 0.312. The monoisotopic (exact) mass is 366 g/mol. The highest BCUT2D eigenvalue weighted by Gasteiger charge is 2.20. The molecular formula is C16H18N2O4S2. The molecule has 1 unspecified atom stereocenters. The van der Waals surface area contributed by atoms with E-state index in [0.29, 0.717) is 12.2 Å². The van der Waals surface area contributed by atoms with Crippen LogP contribution in [0.5, 0.6) is 0 Å². The first-order valence-corrected chi connectivity index (χ1v) is 9.34. The van der Waals surface area contributed by atoms with Crippen molar-refractivity contribution >= 4 is 35.2 Å². The number of aromatic nitrogens is 1. The summed E-state index contributed by atoms with van der Waals surface area (Å²) in [6, 6.07) is 8.26. The van der Waals surface area contributed by atoms with Crippen LogP contribution in [0.3, 0.4) is 0 Å². The number of nitrogens with one attached hydrogen (secondary N) is 1. The maximum Gasteiger partial charge on any atom is 0.408 e. The van der Waals surface area contributed by atoms with Gasteiger partial charge in [-0.3, -0.25) is 0 Å². The van der Waals surface area contributed by atoms with Gasteiger partial charge in [0, 0.05) is 17.3 Å². The number of amides is 1. The summed E-state index contributed by atoms with van der Waals surface area (Å²) in [5.41, 5.74) is 0.846. The number of carbonyl (C=O) groups is 2. The number of benzene rings is 1. The van der Waals surface area contributed by atoms with Crippen LogP contribution in [0.4, 0.5) is 4.79 Å². The van der Waals surface area contributed by atoms with Gasteiger partial charge in [0.15, 0.2) is 0 Å². The standard InChI is InChI=1S/C16H18N2O4S2/c19-15(20)13(6-8-23-11-14-17-7-9-24-14)18-16(21)22-10-12-4-2-1-3-5-12/h1-5,7,9,13H,6,8,10-11H2,(H,18,21)(H,19,20). The molecule has 0 spiro atoms. The lowest BCUT2D eigenvalue weighted by Crippen LogP contribution is -2.41. The van der Waals surface area contributed by atoms with E-state index in [-0.39, 0.29) is 6.61 Å². The van der Waals surface area contributed by atoms with Crippen LogP contribution in [0.2, 0.25) is 0 Å². The molecule has 2 N–H and O–H groups in total. The molecule has 0 aliphatic carbocycles. The molecule has 1 aromatic heterocycles. The Hall–Kier alpha value is -2.06. The van der Waals surface area contributed by atoms with E-state index in [1.165, 1.54) is 0 Å². The summed E-state index contributed by atoms with van der Waals surface area (Å²) in [4.78, 5) is 27.1. The number of ether oxygens (including phenoxy) is 1. The van der Waals surface area contributed by atoms with Gasteiger partial charge in [-0.25, -0.2) is 14.6 Å². The van der Waals surface area contributed by atoms with Crippen LogP contribution in [0.25, 0.3) is 0 Å². The van der Waals surface area contributed by atoms with Crippen molar-refractivity contribution in [2.45, 2.75) is 24.8 Å². The largest absolute Gasteiger partial charge is 0.480 e. The molecule has 0 aliphatic heterocycles. The minimum Gasteiger partial charge on any atom is -0.480 e. The number of rotatable bonds is 9. The summed E-state index contributed by atoms with van der Waals surface area (Å²) in [5, 5.41) is 14.5. The average Bonchev–Trinajstić information content (AvgIpc) is 3.10. The first-order valence-electron chi connectivity index (χ1n) is 7.31. The number of carboxylic acid groups (broad SMARTS) is 1. The third-order valence-electron chi connectivity index (χ3n) is 3.06. The molecule has 0 aliphatic rings. The SMILES string of the molecule is O=C(NC(CCSCc1nccs1)C(=O)O)OCc1ccccc1. The van der Waals surface area contributed by atoms with Gasteiger partial charge < -0.3 is 15.2 Å². The van der Waals surface area contributed by atoms with Crippen LogP contribution in [-0.2, 0) is 21.9 Å². The third kappa shape index (κ3) is 6.59. The van der Waals surface area contributed by atoms with Crippen LogP contribution >= 0.6 is 23.1 Å². The van der Waals surface area contributed by atoms with Crippen molar-refractivity contribution in [1.29, 1.82) is 0 Å². The minimum absolute atomic E-state index is 0.109. The van der Waals surface area contributed by atoms with Gasteiger partial charge in [-0.15, -0.1) is 11.3 Å². The highest BCUT2D eigenvalue weighted by Crippen LogP contribution is 2.15. The Morgan fingerprint density at radius 1 is 1.33 bits per heavy atom. The normalized spacial score (nSPS) is 11.7. The summed E-state index contributed by atoms with van der Waals surface area (Å²) in [6.45, 7) is 0.109. The van der Waals surface area contributed by atoms with Crippen molar-refractivity contribution in [2.24, 2.45) is 0 Å². The molecule has 1 atom stereocenters. The van der Waals surface area contributed by atoms with Crippen LogP contribution in [-0.4, -0.2) is 33.9 Å². The van der Waals surface area contributed by atoms with Crippen molar-refractivity contribution in [3.63, 3.8) is 0 Å². The molecule has 0 bridgehead atoms. The quantitative estimate of drug-likeness (QED) is 0.663. The number of carbonyl (C=O) groups excluding carboxylic acids is 1. The van der Waals surface area contributed by atoms with E-state index in [1.807, 2.05) is 35.7 Å². The number of hydrogen-bond acceptors (Lipinski definition) is 6. The molecule has 2 rings (SSSR count). The Balaban J connectivity index is 1.69. The second-order valence-corrected chi connectivity index (χ2v) is 6.95. The molecule has 0 saturated heterocycles. The van der Waals surface area contributed by atoms with Crippen molar-refractivity contribution in [3.8, 4) is 0 Å². The zero-order valence-electron chi connectivity index (χ0n) is 12.9. The highest BCUT2D eigenvalue weighted by atomic mass is 32.2. The molecule has 8 heteroatoms. The van der Waals surface area contributed by atoms with E-state index in [4.69, 9.17) is 4.74 Å². The molecule has 24 heavy (non-hydrogen) atoms. The van der Waals surface area contributed by atoms with E-state index in [1.54, 1.807) is 29.3 Å². The van der Waals surface area contributed by atoms with Crippen LogP contribution < -0.4 is 5.32 Å². The Bertz CT molecular complexity index is 635. The molecule has 0 fully saturated rings. The van der Waals surface area contributed by atoms with Gasteiger partial charge in [0.05, 0.1) is 0 Å². The second kappa shape index (κ2) is 9.94. The second-order valence-electron chi connectivity index (χ2n) is 4.86. The predicted molar refractivity (Wildman–Crippen MR) is 94.1 cm³/mol. The molecule has 6 nitrogen and oxygen atoms in total. The first-order chi connectivity index (χ1) is 11.6. The summed E-state index contributed by atoms with van der Waals surface area (Å²) < 4.78 is 5.05. The zero-order chi connectivity index (χ0) is 17.2. The van der Waals surface area contributed by atoms with E-state index < -0.39 is 18.1 Å². The lowest BCUT2D eigenvalue weighted by molar-refractivity contribution is -0.139. The van der Waals surface area contributed by atoms with Crippen LogP contribution in [0.15, 0.2) is 41.9 Å². The smallest absolute Gasteiger partial charge is 0.408 e. The van der Waals surface area contributed by atoms with Gasteiger partial charge in [0.1, 0.15) is 17.7 Å². The van der Waals surface area contributed by atoms with Crippen molar-refractivity contribution in [3.05, 3.63) is 52.5 Å². The fourth-order valence-corrected chi connectivity index (χ4v) is 3.57. The minimum atomic E-state index is -1.07. The summed E-state index contributed by atoms with van der Waals surface area (Å²) in [7, 11) is 0. The van der Waals surface area contributed by atoms with Crippen molar-refractivity contribution in [2.75, 3.05) is 5.75 Å². The summed E-state index contributed by atoms with van der Waals surface area (Å²) in [6.07, 6.45) is 1.34. The Labute approximate surface area is 148 Å². The van der Waals surface area contributed by atoms with Gasteiger partial charge in [-0.2, -0.15) is 11.8 Å². The third-order valence-corrected chi connectivity index (χ3v) is 5.03. The average molecular weight is 366 g/mol. The Morgan fingerprint density at radius 3 is 2.79 bits per heavy atom. The number of nitrogens with zero attached hydrogens (tertiary/aromatic N) is 1. The number of carboxylic acids is 1. The number of thiazole rings is 1. The van der Waals surface area contributed by atoms with Gasteiger partial charge in [-0.1, -0.05) is 30.3 Å². The Morgan fingerprint density at radius 2 is 2.12 bits per heavy atom. The fourth-order valence-electron chi connectivity index (χ4n) is 1.85. The number of alkyl carbamates (subject to hydrolysis) is 1. The summed E-state index contributed by atoms with van der Waals surface area (Å²) >= 11 is 3.15. The molecule has 1 heterocycles. The maximum atomic E-state index is 11.7. The van der Waals surface area contributed by atoms with Crippen molar-refractivity contribution < 1.29 is 19.4 Å². The van der Waals surface area contributed by atoms with E-state index >= 15 is 0 Å². The molecule has 1 amide bonds. The van der Waals surface area contributed by atoms with Crippen LogP contribution in [0, 0.1) is 0 Å². The van der Waals surface area contributed by atoms with Gasteiger partial charge in [-0.05, 0) is 17.7 Å². The van der Waals surface area contributed by atoms with E-state index in [0.717, 1.165) is 16.3 Å². The van der Waals surface area contributed by atoms with Gasteiger partial charge >= 0.3 is 12.1 Å². The first kappa shape index (κ1) is 18.3. The summed E-state index contributed by atoms with van der Waals surface area (Å²) in [5.74, 6) is 0.277.